The van der Waals surface area contributed by atoms with Gasteiger partial charge < -0.3 is 0 Å². The minimum Gasteiger partial charge on any atom is -0.300 e. The fraction of sp³-hybridized carbons (Fsp3) is 0.909. The number of hydrazine groups is 1. The Morgan fingerprint density at radius 1 is 0.857 bits per heavy atom. The van der Waals surface area contributed by atoms with Gasteiger partial charge in [-0.2, -0.15) is 0 Å². The SMILES string of the molecule is CN1C2CC[C@@H]1C[C@H](C1CCC(Cl)CC1)C2C(=O)NNC(=O)C1CCCCC1. The molecule has 4 rings (SSSR count). The second-order valence-electron chi connectivity index (χ2n) is 9.71. The van der Waals surface area contributed by atoms with Crippen molar-refractivity contribution in [1.82, 2.24) is 15.8 Å². The predicted octanol–water partition coefficient (Wildman–Crippen LogP) is 3.61. The summed E-state index contributed by atoms with van der Waals surface area (Å²) in [4.78, 5) is 28.2. The van der Waals surface area contributed by atoms with E-state index in [1.807, 2.05) is 0 Å². The van der Waals surface area contributed by atoms with Crippen molar-refractivity contribution in [3.63, 3.8) is 0 Å². The molecule has 2 aliphatic heterocycles. The summed E-state index contributed by atoms with van der Waals surface area (Å²) in [5.74, 6) is 1.09. The van der Waals surface area contributed by atoms with Crippen molar-refractivity contribution in [3.05, 3.63) is 0 Å². The average Bonchev–Trinajstić information content (AvgIpc) is 2.95. The fourth-order valence-electron chi connectivity index (χ4n) is 6.54. The molecule has 4 atom stereocenters. The Balaban J connectivity index is 1.41. The van der Waals surface area contributed by atoms with E-state index in [1.54, 1.807) is 0 Å². The second kappa shape index (κ2) is 8.91. The number of carbonyl (C=O) groups is 2. The summed E-state index contributed by atoms with van der Waals surface area (Å²) in [6.07, 6.45) is 13.2. The minimum absolute atomic E-state index is 0.000658. The molecule has 4 fully saturated rings. The molecule has 2 N–H and O–H groups in total. The molecule has 0 radical (unpaired) electrons. The van der Waals surface area contributed by atoms with Gasteiger partial charge in [0.25, 0.3) is 0 Å². The van der Waals surface area contributed by atoms with Crippen LogP contribution in [0.1, 0.15) is 77.0 Å². The van der Waals surface area contributed by atoms with Crippen molar-refractivity contribution in [2.75, 3.05) is 7.05 Å². The first kappa shape index (κ1) is 20.5. The van der Waals surface area contributed by atoms with Crippen molar-refractivity contribution < 1.29 is 9.59 Å². The van der Waals surface area contributed by atoms with Crippen LogP contribution in [-0.2, 0) is 9.59 Å². The first-order valence-electron chi connectivity index (χ1n) is 11.5. The van der Waals surface area contributed by atoms with Crippen LogP contribution in [0, 0.1) is 23.7 Å². The Hall–Kier alpha value is -0.810. The number of piperidine rings is 1. The zero-order valence-electron chi connectivity index (χ0n) is 17.2. The zero-order chi connectivity index (χ0) is 19.7. The summed E-state index contributed by atoms with van der Waals surface area (Å²) < 4.78 is 0. The number of fused-ring (bicyclic) bond motifs is 2. The molecule has 2 amide bonds. The van der Waals surface area contributed by atoms with Crippen LogP contribution in [0.3, 0.4) is 0 Å². The molecule has 0 spiro atoms. The Kier molecular flexibility index (Phi) is 6.51. The van der Waals surface area contributed by atoms with Gasteiger partial charge in [-0.3, -0.25) is 25.3 Å². The number of hydrogen-bond acceptors (Lipinski definition) is 3. The Labute approximate surface area is 174 Å². The highest BCUT2D eigenvalue weighted by atomic mass is 35.5. The molecule has 6 heteroatoms. The first-order chi connectivity index (χ1) is 13.5. The van der Waals surface area contributed by atoms with E-state index in [2.05, 4.69) is 22.8 Å². The molecule has 158 valence electrons. The van der Waals surface area contributed by atoms with Crippen LogP contribution in [0.15, 0.2) is 0 Å². The van der Waals surface area contributed by atoms with Gasteiger partial charge in [0.05, 0.1) is 5.92 Å². The van der Waals surface area contributed by atoms with Gasteiger partial charge in [-0.05, 0) is 76.7 Å². The Morgan fingerprint density at radius 2 is 1.54 bits per heavy atom. The number of rotatable bonds is 3. The molecule has 2 saturated heterocycles. The van der Waals surface area contributed by atoms with Crippen molar-refractivity contribution in [2.45, 2.75) is 94.5 Å². The third-order valence-electron chi connectivity index (χ3n) is 8.21. The van der Waals surface area contributed by atoms with Gasteiger partial charge in [-0.15, -0.1) is 11.6 Å². The topological polar surface area (TPSA) is 61.4 Å². The van der Waals surface area contributed by atoms with Crippen molar-refractivity contribution in [3.8, 4) is 0 Å². The minimum atomic E-state index is -0.0210. The van der Waals surface area contributed by atoms with Crippen LogP contribution < -0.4 is 10.9 Å². The molecule has 0 aromatic carbocycles. The molecule has 4 aliphatic rings. The molecule has 5 nitrogen and oxygen atoms in total. The van der Waals surface area contributed by atoms with Gasteiger partial charge in [-0.1, -0.05) is 19.3 Å². The normalized spacial score (nSPS) is 39.5. The number of nitrogens with one attached hydrogen (secondary N) is 2. The van der Waals surface area contributed by atoms with E-state index in [0.29, 0.717) is 29.3 Å². The highest BCUT2D eigenvalue weighted by Gasteiger charge is 2.51. The molecule has 28 heavy (non-hydrogen) atoms. The van der Waals surface area contributed by atoms with Gasteiger partial charge in [0, 0.05) is 23.4 Å². The van der Waals surface area contributed by atoms with Crippen molar-refractivity contribution in [1.29, 1.82) is 0 Å². The van der Waals surface area contributed by atoms with E-state index in [9.17, 15) is 9.59 Å². The summed E-state index contributed by atoms with van der Waals surface area (Å²) in [5, 5.41) is 0.307. The van der Waals surface area contributed by atoms with Crippen molar-refractivity contribution >= 4 is 23.4 Å². The van der Waals surface area contributed by atoms with Crippen LogP contribution in [0.2, 0.25) is 0 Å². The monoisotopic (exact) mass is 409 g/mol. The van der Waals surface area contributed by atoms with E-state index in [1.165, 1.54) is 12.8 Å². The zero-order valence-corrected chi connectivity index (χ0v) is 17.9. The van der Waals surface area contributed by atoms with Crippen LogP contribution in [-0.4, -0.2) is 41.2 Å². The van der Waals surface area contributed by atoms with Crippen LogP contribution in [0.4, 0.5) is 0 Å². The number of halogens is 1. The van der Waals surface area contributed by atoms with Gasteiger partial charge >= 0.3 is 0 Å². The molecule has 2 saturated carbocycles. The van der Waals surface area contributed by atoms with Crippen molar-refractivity contribution in [2.24, 2.45) is 23.7 Å². The highest BCUT2D eigenvalue weighted by molar-refractivity contribution is 6.20. The lowest BCUT2D eigenvalue weighted by Gasteiger charge is -2.46. The number of nitrogens with zero attached hydrogens (tertiary/aromatic N) is 1. The van der Waals surface area contributed by atoms with Gasteiger partial charge in [0.1, 0.15) is 0 Å². The average molecular weight is 410 g/mol. The number of hydrogen-bond donors (Lipinski definition) is 2. The lowest BCUT2D eigenvalue weighted by atomic mass is 9.68. The molecule has 0 aromatic rings. The summed E-state index contributed by atoms with van der Waals surface area (Å²) in [6.45, 7) is 0. The quantitative estimate of drug-likeness (QED) is 0.552. The maximum atomic E-state index is 13.3. The molecule has 2 heterocycles. The van der Waals surface area contributed by atoms with E-state index in [-0.39, 0.29) is 23.7 Å². The van der Waals surface area contributed by atoms with Crippen LogP contribution in [0.5, 0.6) is 0 Å². The van der Waals surface area contributed by atoms with Crippen LogP contribution >= 0.6 is 11.6 Å². The largest absolute Gasteiger partial charge is 0.300 e. The second-order valence-corrected chi connectivity index (χ2v) is 10.3. The summed E-state index contributed by atoms with van der Waals surface area (Å²) in [6, 6.07) is 0.925. The third-order valence-corrected chi connectivity index (χ3v) is 8.65. The Morgan fingerprint density at radius 3 is 2.25 bits per heavy atom. The van der Waals surface area contributed by atoms with E-state index in [4.69, 9.17) is 11.6 Å². The van der Waals surface area contributed by atoms with E-state index in [0.717, 1.165) is 64.2 Å². The fourth-order valence-corrected chi connectivity index (χ4v) is 6.79. The van der Waals surface area contributed by atoms with Gasteiger partial charge in [0.15, 0.2) is 0 Å². The number of carbonyl (C=O) groups excluding carboxylic acids is 2. The standard InChI is InChI=1S/C22H36ClN3O2/c1-26-17-11-12-19(26)20(18(13-17)14-7-9-16(23)10-8-14)22(28)25-24-21(27)15-5-3-2-4-6-15/h14-20H,2-13H2,1H3,(H,24,27)(H,25,28)/t14?,16?,17-,18-,19?,20?/m1/s1. The molecule has 0 aromatic heterocycles. The smallest absolute Gasteiger partial charge is 0.243 e. The third kappa shape index (κ3) is 4.21. The maximum absolute atomic E-state index is 13.3. The lowest BCUT2D eigenvalue weighted by Crippen LogP contribution is -2.57. The Bertz CT molecular complexity index is 572. The van der Waals surface area contributed by atoms with Gasteiger partial charge in [0.2, 0.25) is 11.8 Å². The summed E-state index contributed by atoms with van der Waals surface area (Å²) >= 11 is 6.34. The summed E-state index contributed by atoms with van der Waals surface area (Å²) in [7, 11) is 2.18. The number of amides is 2. The number of alkyl halides is 1. The van der Waals surface area contributed by atoms with Crippen LogP contribution in [0.25, 0.3) is 0 Å². The lowest BCUT2D eigenvalue weighted by molar-refractivity contribution is -0.138. The molecule has 2 aliphatic carbocycles. The summed E-state index contributed by atoms with van der Waals surface area (Å²) in [5.41, 5.74) is 5.61. The predicted molar refractivity (Wildman–Crippen MR) is 111 cm³/mol. The molecule has 2 unspecified atom stereocenters. The maximum Gasteiger partial charge on any atom is 0.243 e. The van der Waals surface area contributed by atoms with E-state index >= 15 is 0 Å². The van der Waals surface area contributed by atoms with E-state index < -0.39 is 0 Å². The highest BCUT2D eigenvalue weighted by Crippen LogP contribution is 2.48. The first-order valence-corrected chi connectivity index (χ1v) is 11.9. The molecular formula is C22H36ClN3O2. The van der Waals surface area contributed by atoms with Gasteiger partial charge in [-0.25, -0.2) is 0 Å². The molecular weight excluding hydrogens is 374 g/mol. The molecule has 2 bridgehead atoms.